The van der Waals surface area contributed by atoms with Crippen LogP contribution in [0.4, 0.5) is 8.78 Å². The summed E-state index contributed by atoms with van der Waals surface area (Å²) in [7, 11) is -3.67. The van der Waals surface area contributed by atoms with E-state index >= 15 is 0 Å². The number of hydrogen-bond donors (Lipinski definition) is 1. The maximum atomic E-state index is 12.7. The molecule has 1 aliphatic carbocycles. The van der Waals surface area contributed by atoms with E-state index in [-0.39, 0.29) is 23.6 Å². The van der Waals surface area contributed by atoms with Crippen LogP contribution in [-0.4, -0.2) is 29.8 Å². The van der Waals surface area contributed by atoms with Crippen LogP contribution in [0.1, 0.15) is 28.7 Å². The molecule has 0 spiro atoms. The third kappa shape index (κ3) is 5.33. The summed E-state index contributed by atoms with van der Waals surface area (Å²) in [4.78, 5) is 4.17. The van der Waals surface area contributed by atoms with Gasteiger partial charge in [0.1, 0.15) is 18.4 Å². The molecule has 0 radical (unpaired) electrons. The molecule has 2 aromatic carbocycles. The number of hydrogen-bond acceptors (Lipinski definition) is 5. The van der Waals surface area contributed by atoms with Gasteiger partial charge in [-0.05, 0) is 53.3 Å². The number of aromatic nitrogens is 3. The molecule has 0 bridgehead atoms. The summed E-state index contributed by atoms with van der Waals surface area (Å²) in [6.07, 6.45) is 5.40. The molecule has 7 nitrogen and oxygen atoms in total. The second-order valence-electron chi connectivity index (χ2n) is 7.08. The predicted octanol–water partition coefficient (Wildman–Crippen LogP) is 3.33. The van der Waals surface area contributed by atoms with Crippen molar-refractivity contribution >= 4 is 16.1 Å². The molecule has 0 atom stereocenters. The van der Waals surface area contributed by atoms with E-state index in [9.17, 15) is 17.2 Å². The van der Waals surface area contributed by atoms with Crippen LogP contribution in [0.2, 0.25) is 0 Å². The maximum absolute atomic E-state index is 12.7. The average Bonchev–Trinajstić information content (AvgIpc) is 3.25. The second-order valence-corrected chi connectivity index (χ2v) is 8.90. The maximum Gasteiger partial charge on any atom is 0.387 e. The lowest BCUT2D eigenvalue weighted by atomic mass is 9.97. The minimum absolute atomic E-state index is 0.0684. The molecule has 1 aliphatic rings. The van der Waals surface area contributed by atoms with Gasteiger partial charge in [-0.1, -0.05) is 30.3 Å². The van der Waals surface area contributed by atoms with E-state index in [1.54, 1.807) is 23.2 Å². The Bertz CT molecular complexity index is 1180. The van der Waals surface area contributed by atoms with E-state index in [0.717, 1.165) is 16.7 Å². The number of aryl methyl sites for hydroxylation is 1. The number of ether oxygens (including phenoxy) is 1. The topological polar surface area (TPSA) is 86.1 Å². The first-order valence-electron chi connectivity index (χ1n) is 9.57. The molecule has 0 fully saturated rings. The number of nitrogens with zero attached hydrogens (tertiary/aromatic N) is 3. The molecule has 0 saturated heterocycles. The van der Waals surface area contributed by atoms with Crippen LogP contribution in [-0.2, 0) is 29.5 Å². The van der Waals surface area contributed by atoms with Gasteiger partial charge >= 0.3 is 6.61 Å². The minimum atomic E-state index is -3.67. The van der Waals surface area contributed by atoms with Gasteiger partial charge in [0.15, 0.2) is 0 Å². The quantitative estimate of drug-likeness (QED) is 0.574. The molecular weight excluding hydrogens is 426 g/mol. The molecule has 1 N–H and O–H groups in total. The van der Waals surface area contributed by atoms with Gasteiger partial charge in [0.2, 0.25) is 10.0 Å². The van der Waals surface area contributed by atoms with Crippen LogP contribution in [0.25, 0.3) is 6.08 Å². The van der Waals surface area contributed by atoms with Gasteiger partial charge in [-0.2, -0.15) is 13.9 Å². The monoisotopic (exact) mass is 446 g/mol. The predicted molar refractivity (Wildman–Crippen MR) is 111 cm³/mol. The SMILES string of the molecule is O=S(=O)(NCc1ccc(Cn2cncn2)cc1)C1=Cc2ccc(OC(F)F)cc2CC1. The third-order valence-electron chi connectivity index (χ3n) is 4.94. The van der Waals surface area contributed by atoms with Crippen LogP contribution < -0.4 is 9.46 Å². The zero-order valence-electron chi connectivity index (χ0n) is 16.4. The van der Waals surface area contributed by atoms with Crippen molar-refractivity contribution in [3.05, 3.63) is 82.3 Å². The minimum Gasteiger partial charge on any atom is -0.435 e. The first kappa shape index (κ1) is 21.1. The second kappa shape index (κ2) is 8.94. The fraction of sp³-hybridized carbons (Fsp3) is 0.238. The van der Waals surface area contributed by atoms with Gasteiger partial charge in [-0.25, -0.2) is 22.8 Å². The fourth-order valence-electron chi connectivity index (χ4n) is 3.37. The van der Waals surface area contributed by atoms with Crippen molar-refractivity contribution in [2.24, 2.45) is 0 Å². The highest BCUT2D eigenvalue weighted by Crippen LogP contribution is 2.30. The Morgan fingerprint density at radius 3 is 2.58 bits per heavy atom. The third-order valence-corrected chi connectivity index (χ3v) is 6.48. The molecule has 4 rings (SSSR count). The summed E-state index contributed by atoms with van der Waals surface area (Å²) < 4.78 is 59.0. The van der Waals surface area contributed by atoms with Crippen molar-refractivity contribution in [3.63, 3.8) is 0 Å². The number of benzene rings is 2. The Morgan fingerprint density at radius 1 is 1.10 bits per heavy atom. The summed E-state index contributed by atoms with van der Waals surface area (Å²) in [6, 6.07) is 12.1. The van der Waals surface area contributed by atoms with Gasteiger partial charge < -0.3 is 4.74 Å². The van der Waals surface area contributed by atoms with Crippen LogP contribution in [0.15, 0.2) is 60.0 Å². The Labute approximate surface area is 178 Å². The molecule has 0 saturated carbocycles. The number of nitrogens with one attached hydrogen (secondary N) is 1. The Kier molecular flexibility index (Phi) is 6.10. The lowest BCUT2D eigenvalue weighted by Crippen LogP contribution is -2.25. The highest BCUT2D eigenvalue weighted by Gasteiger charge is 2.22. The molecule has 0 amide bonds. The van der Waals surface area contributed by atoms with Crippen molar-refractivity contribution < 1.29 is 21.9 Å². The number of rotatable bonds is 8. The smallest absolute Gasteiger partial charge is 0.387 e. The number of sulfonamides is 1. The van der Waals surface area contributed by atoms with E-state index in [1.165, 1.54) is 18.5 Å². The van der Waals surface area contributed by atoms with Gasteiger partial charge in [-0.15, -0.1) is 0 Å². The van der Waals surface area contributed by atoms with E-state index in [4.69, 9.17) is 0 Å². The Morgan fingerprint density at radius 2 is 1.87 bits per heavy atom. The zero-order valence-corrected chi connectivity index (χ0v) is 17.2. The Balaban J connectivity index is 1.40. The summed E-state index contributed by atoms with van der Waals surface area (Å²) in [6.45, 7) is -2.14. The molecule has 10 heteroatoms. The molecule has 0 aliphatic heterocycles. The first-order chi connectivity index (χ1) is 14.9. The van der Waals surface area contributed by atoms with Crippen molar-refractivity contribution in [1.29, 1.82) is 0 Å². The molecule has 3 aromatic rings. The van der Waals surface area contributed by atoms with Gasteiger partial charge in [0.05, 0.1) is 11.4 Å². The zero-order chi connectivity index (χ0) is 21.8. The first-order valence-corrected chi connectivity index (χ1v) is 11.1. The number of fused-ring (bicyclic) bond motifs is 1. The van der Waals surface area contributed by atoms with Crippen molar-refractivity contribution in [1.82, 2.24) is 19.5 Å². The van der Waals surface area contributed by atoms with Crippen LogP contribution >= 0.6 is 0 Å². The van der Waals surface area contributed by atoms with Crippen molar-refractivity contribution in [2.45, 2.75) is 32.5 Å². The van der Waals surface area contributed by atoms with E-state index in [0.29, 0.717) is 18.5 Å². The van der Waals surface area contributed by atoms with E-state index < -0.39 is 16.6 Å². The molecule has 31 heavy (non-hydrogen) atoms. The number of halogens is 2. The average molecular weight is 446 g/mol. The summed E-state index contributed by atoms with van der Waals surface area (Å²) in [5.41, 5.74) is 3.32. The van der Waals surface area contributed by atoms with E-state index in [2.05, 4.69) is 19.5 Å². The standard InChI is InChI=1S/C21H20F2N4O3S/c22-21(23)30-19-7-5-18-10-20(8-6-17(18)9-19)31(28,29)26-11-15-1-3-16(4-2-15)12-27-14-24-13-25-27/h1-5,7,9-10,13-14,21,26H,6,8,11-12H2. The molecule has 1 aromatic heterocycles. The van der Waals surface area contributed by atoms with Gasteiger partial charge in [0.25, 0.3) is 0 Å². The fourth-order valence-corrected chi connectivity index (χ4v) is 4.56. The number of allylic oxidation sites excluding steroid dienone is 1. The van der Waals surface area contributed by atoms with Gasteiger partial charge in [0, 0.05) is 6.54 Å². The molecule has 0 unspecified atom stereocenters. The summed E-state index contributed by atoms with van der Waals surface area (Å²) in [5, 5.41) is 4.06. The lowest BCUT2D eigenvalue weighted by Gasteiger charge is -2.18. The van der Waals surface area contributed by atoms with Crippen molar-refractivity contribution in [2.75, 3.05) is 0 Å². The Hall–Kier alpha value is -3.11. The highest BCUT2D eigenvalue weighted by atomic mass is 32.2. The highest BCUT2D eigenvalue weighted by molar-refractivity contribution is 7.93. The summed E-state index contributed by atoms with van der Waals surface area (Å²) in [5.74, 6) is 0.0684. The van der Waals surface area contributed by atoms with E-state index in [1.807, 2.05) is 24.3 Å². The number of alkyl halides is 2. The lowest BCUT2D eigenvalue weighted by molar-refractivity contribution is -0.0498. The molecular formula is C21H20F2N4O3S. The van der Waals surface area contributed by atoms with Crippen LogP contribution in [0.5, 0.6) is 5.75 Å². The normalized spacial score (nSPS) is 13.7. The molecule has 1 heterocycles. The largest absolute Gasteiger partial charge is 0.435 e. The molecule has 162 valence electrons. The van der Waals surface area contributed by atoms with Crippen LogP contribution in [0, 0.1) is 0 Å². The van der Waals surface area contributed by atoms with Crippen LogP contribution in [0.3, 0.4) is 0 Å². The summed E-state index contributed by atoms with van der Waals surface area (Å²) >= 11 is 0. The van der Waals surface area contributed by atoms with Gasteiger partial charge in [-0.3, -0.25) is 0 Å². The van der Waals surface area contributed by atoms with Crippen molar-refractivity contribution in [3.8, 4) is 5.75 Å².